The Morgan fingerprint density at radius 2 is 2.05 bits per heavy atom. The number of halogens is 2. The molecule has 0 spiro atoms. The molecule has 1 aromatic carbocycles. The fraction of sp³-hybridized carbons (Fsp3) is 0.0833. The van der Waals surface area contributed by atoms with Gasteiger partial charge in [0.05, 0.1) is 10.7 Å². The minimum absolute atomic E-state index is 0.0426. The summed E-state index contributed by atoms with van der Waals surface area (Å²) in [5.74, 6) is 0. The fourth-order valence-electron chi connectivity index (χ4n) is 1.50. The Balaban J connectivity index is 2.40. The Hall–Kier alpha value is -1.11. The summed E-state index contributed by atoms with van der Waals surface area (Å²) in [5, 5.41) is 0.136. The molecule has 100 valence electrons. The van der Waals surface area contributed by atoms with Crippen LogP contribution in [0.4, 0.5) is 5.69 Å². The van der Waals surface area contributed by atoms with E-state index < -0.39 is 10.0 Å². The van der Waals surface area contributed by atoms with Gasteiger partial charge in [0.15, 0.2) is 0 Å². The van der Waals surface area contributed by atoms with E-state index in [1.165, 1.54) is 18.5 Å². The number of anilines is 1. The van der Waals surface area contributed by atoms with E-state index in [9.17, 15) is 8.42 Å². The van der Waals surface area contributed by atoms with Crippen molar-refractivity contribution in [1.29, 1.82) is 0 Å². The van der Waals surface area contributed by atoms with Crippen LogP contribution in [0.1, 0.15) is 5.56 Å². The number of pyridine rings is 1. The number of aryl methyl sites for hydroxylation is 1. The number of benzene rings is 1. The Bertz CT molecular complexity index is 719. The second kappa shape index (κ2) is 5.48. The van der Waals surface area contributed by atoms with Crippen molar-refractivity contribution in [3.63, 3.8) is 0 Å². The van der Waals surface area contributed by atoms with E-state index in [1.54, 1.807) is 12.1 Å². The maximum absolute atomic E-state index is 12.2. The molecule has 1 N–H and O–H groups in total. The van der Waals surface area contributed by atoms with Crippen LogP contribution in [-0.2, 0) is 10.0 Å². The second-order valence-corrected chi connectivity index (χ2v) is 6.84. The van der Waals surface area contributed by atoms with Gasteiger partial charge in [-0.05, 0) is 36.8 Å². The third-order valence-electron chi connectivity index (χ3n) is 2.46. The maximum Gasteiger partial charge on any atom is 0.264 e. The monoisotopic (exact) mass is 360 g/mol. The molecule has 0 aliphatic carbocycles. The quantitative estimate of drug-likeness (QED) is 0.908. The average Bonchev–Trinajstić information content (AvgIpc) is 2.33. The molecule has 0 radical (unpaired) electrons. The van der Waals surface area contributed by atoms with Crippen molar-refractivity contribution in [3.8, 4) is 0 Å². The Labute approximate surface area is 125 Å². The number of hydrogen-bond acceptors (Lipinski definition) is 3. The van der Waals surface area contributed by atoms with Crippen molar-refractivity contribution in [2.45, 2.75) is 11.8 Å². The highest BCUT2D eigenvalue weighted by atomic mass is 79.9. The standard InChI is InChI=1S/C12H10BrClN2O2S/c1-8-6-9(13)2-3-11(8)16-19(17,18)12-7-15-5-4-10(12)14/h2-7,16H,1H3. The van der Waals surface area contributed by atoms with Crippen molar-refractivity contribution in [2.24, 2.45) is 0 Å². The van der Waals surface area contributed by atoms with Gasteiger partial charge in [0.1, 0.15) is 4.90 Å². The van der Waals surface area contributed by atoms with Gasteiger partial charge < -0.3 is 0 Å². The first kappa shape index (κ1) is 14.3. The molecule has 0 atom stereocenters. The molecule has 0 saturated carbocycles. The summed E-state index contributed by atoms with van der Waals surface area (Å²) < 4.78 is 27.8. The second-order valence-electron chi connectivity index (χ2n) is 3.87. The summed E-state index contributed by atoms with van der Waals surface area (Å²) in [5.41, 5.74) is 1.31. The molecule has 0 bridgehead atoms. The van der Waals surface area contributed by atoms with Gasteiger partial charge in [-0.1, -0.05) is 27.5 Å². The molecule has 0 amide bonds. The zero-order valence-corrected chi connectivity index (χ0v) is 13.1. The highest BCUT2D eigenvalue weighted by Gasteiger charge is 2.18. The van der Waals surface area contributed by atoms with Crippen molar-refractivity contribution in [2.75, 3.05) is 4.72 Å². The summed E-state index contributed by atoms with van der Waals surface area (Å²) in [7, 11) is -3.74. The molecule has 0 aliphatic rings. The van der Waals surface area contributed by atoms with Crippen molar-refractivity contribution >= 4 is 43.2 Å². The largest absolute Gasteiger partial charge is 0.279 e. The molecular formula is C12H10BrClN2O2S. The first-order chi connectivity index (χ1) is 8.90. The smallest absolute Gasteiger partial charge is 0.264 e. The lowest BCUT2D eigenvalue weighted by molar-refractivity contribution is 0.601. The SMILES string of the molecule is Cc1cc(Br)ccc1NS(=O)(=O)c1cnccc1Cl. The first-order valence-corrected chi connectivity index (χ1v) is 7.94. The highest BCUT2D eigenvalue weighted by molar-refractivity contribution is 9.10. The van der Waals surface area contributed by atoms with Gasteiger partial charge in [-0.15, -0.1) is 0 Å². The van der Waals surface area contributed by atoms with Gasteiger partial charge in [-0.2, -0.15) is 0 Å². The van der Waals surface area contributed by atoms with Crippen LogP contribution in [0.15, 0.2) is 46.0 Å². The van der Waals surface area contributed by atoms with Crippen LogP contribution in [0, 0.1) is 6.92 Å². The van der Waals surface area contributed by atoms with Gasteiger partial charge in [0, 0.05) is 16.9 Å². The lowest BCUT2D eigenvalue weighted by Crippen LogP contribution is -2.14. The van der Waals surface area contributed by atoms with Gasteiger partial charge in [-0.3, -0.25) is 9.71 Å². The summed E-state index contributed by atoms with van der Waals surface area (Å²) >= 11 is 9.20. The van der Waals surface area contributed by atoms with E-state index >= 15 is 0 Å². The number of rotatable bonds is 3. The lowest BCUT2D eigenvalue weighted by Gasteiger charge is -2.11. The number of aromatic nitrogens is 1. The third-order valence-corrected chi connectivity index (χ3v) is 4.78. The predicted octanol–water partition coefficient (Wildman–Crippen LogP) is 3.61. The highest BCUT2D eigenvalue weighted by Crippen LogP contribution is 2.25. The average molecular weight is 362 g/mol. The molecule has 0 unspecified atom stereocenters. The van der Waals surface area contributed by atoms with E-state index in [0.29, 0.717) is 5.69 Å². The number of hydrogen-bond donors (Lipinski definition) is 1. The third kappa shape index (κ3) is 3.26. The van der Waals surface area contributed by atoms with E-state index in [-0.39, 0.29) is 9.92 Å². The van der Waals surface area contributed by atoms with Crippen LogP contribution >= 0.6 is 27.5 Å². The summed E-state index contributed by atoms with van der Waals surface area (Å²) in [6.07, 6.45) is 2.66. The number of nitrogens with zero attached hydrogens (tertiary/aromatic N) is 1. The fourth-order valence-corrected chi connectivity index (χ4v) is 3.54. The molecule has 0 saturated heterocycles. The summed E-state index contributed by atoms with van der Waals surface area (Å²) in [4.78, 5) is 3.74. The van der Waals surface area contributed by atoms with Crippen LogP contribution in [0.3, 0.4) is 0 Å². The minimum atomic E-state index is -3.74. The van der Waals surface area contributed by atoms with E-state index in [4.69, 9.17) is 11.6 Å². The number of sulfonamides is 1. The maximum atomic E-state index is 12.2. The van der Waals surface area contributed by atoms with Gasteiger partial charge in [0.2, 0.25) is 0 Å². The van der Waals surface area contributed by atoms with E-state index in [2.05, 4.69) is 25.6 Å². The summed E-state index contributed by atoms with van der Waals surface area (Å²) in [6.45, 7) is 1.81. The van der Waals surface area contributed by atoms with Crippen LogP contribution in [0.25, 0.3) is 0 Å². The van der Waals surface area contributed by atoms with Crippen molar-refractivity contribution < 1.29 is 8.42 Å². The Morgan fingerprint density at radius 3 is 2.68 bits per heavy atom. The van der Waals surface area contributed by atoms with Gasteiger partial charge in [0.25, 0.3) is 10.0 Å². The van der Waals surface area contributed by atoms with Crippen LogP contribution in [0.2, 0.25) is 5.02 Å². The zero-order chi connectivity index (χ0) is 14.0. The molecule has 2 aromatic rings. The molecule has 1 aromatic heterocycles. The first-order valence-electron chi connectivity index (χ1n) is 5.28. The number of nitrogens with one attached hydrogen (secondary N) is 1. The predicted molar refractivity (Wildman–Crippen MR) is 78.9 cm³/mol. The molecule has 7 heteroatoms. The van der Waals surface area contributed by atoms with Crippen molar-refractivity contribution in [1.82, 2.24) is 4.98 Å². The van der Waals surface area contributed by atoms with Crippen LogP contribution in [0.5, 0.6) is 0 Å². The Morgan fingerprint density at radius 1 is 1.32 bits per heavy atom. The molecule has 0 fully saturated rings. The van der Waals surface area contributed by atoms with Gasteiger partial charge >= 0.3 is 0 Å². The minimum Gasteiger partial charge on any atom is -0.279 e. The zero-order valence-electron chi connectivity index (χ0n) is 9.89. The molecular weight excluding hydrogens is 352 g/mol. The van der Waals surface area contributed by atoms with E-state index in [1.807, 2.05) is 13.0 Å². The van der Waals surface area contributed by atoms with E-state index in [0.717, 1.165) is 10.0 Å². The summed E-state index contributed by atoms with van der Waals surface area (Å²) in [6, 6.07) is 6.70. The lowest BCUT2D eigenvalue weighted by atomic mass is 10.2. The molecule has 1 heterocycles. The van der Waals surface area contributed by atoms with Crippen LogP contribution in [-0.4, -0.2) is 13.4 Å². The van der Waals surface area contributed by atoms with Crippen molar-refractivity contribution in [3.05, 3.63) is 51.7 Å². The topological polar surface area (TPSA) is 59.1 Å². The normalized spacial score (nSPS) is 11.3. The van der Waals surface area contributed by atoms with Crippen LogP contribution < -0.4 is 4.72 Å². The van der Waals surface area contributed by atoms with Gasteiger partial charge in [-0.25, -0.2) is 8.42 Å². The Kier molecular flexibility index (Phi) is 4.13. The molecule has 2 rings (SSSR count). The molecule has 4 nitrogen and oxygen atoms in total. The molecule has 19 heavy (non-hydrogen) atoms. The molecule has 0 aliphatic heterocycles.